The van der Waals surface area contributed by atoms with Crippen molar-refractivity contribution in [2.24, 2.45) is 5.92 Å². The van der Waals surface area contributed by atoms with Gasteiger partial charge in [0.1, 0.15) is 5.82 Å². The predicted octanol–water partition coefficient (Wildman–Crippen LogP) is 7.38. The normalized spacial score (nSPS) is 16.0. The summed E-state index contributed by atoms with van der Waals surface area (Å²) in [5.74, 6) is 1.71. The third-order valence-corrected chi connectivity index (χ3v) is 7.52. The number of aromatic nitrogens is 2. The van der Waals surface area contributed by atoms with Crippen LogP contribution in [0.4, 0.5) is 0 Å². The topological polar surface area (TPSA) is 33.1 Å². The molecule has 1 aliphatic heterocycles. The maximum absolute atomic E-state index is 5.02. The first-order valence-corrected chi connectivity index (χ1v) is 14.1. The van der Waals surface area contributed by atoms with Gasteiger partial charge in [0.05, 0.1) is 11.0 Å². The van der Waals surface area contributed by atoms with Crippen LogP contribution >= 0.6 is 0 Å². The molecule has 0 amide bonds. The number of para-hydroxylation sites is 2. The molecule has 4 heteroatoms. The SMILES string of the molecule is C=C/C(=C\C(=C/C)C1CCN(CCCn2c(-c3ccc(CC)cc3)nc3ccccc32)CC1)NC(C)C. The Morgan fingerprint density at radius 2 is 1.81 bits per heavy atom. The second kappa shape index (κ2) is 12.9. The van der Waals surface area contributed by atoms with Gasteiger partial charge >= 0.3 is 0 Å². The van der Waals surface area contributed by atoms with Crippen LogP contribution < -0.4 is 5.32 Å². The Morgan fingerprint density at radius 1 is 1.08 bits per heavy atom. The van der Waals surface area contributed by atoms with Crippen molar-refractivity contribution < 1.29 is 0 Å². The highest BCUT2D eigenvalue weighted by Crippen LogP contribution is 2.28. The molecule has 4 rings (SSSR count). The van der Waals surface area contributed by atoms with Gasteiger partial charge in [-0.25, -0.2) is 4.98 Å². The zero-order valence-corrected chi connectivity index (χ0v) is 23.2. The second-order valence-corrected chi connectivity index (χ2v) is 10.5. The van der Waals surface area contributed by atoms with Crippen molar-refractivity contribution in [3.8, 4) is 11.4 Å². The van der Waals surface area contributed by atoms with Crippen LogP contribution in [0.2, 0.25) is 0 Å². The molecule has 0 spiro atoms. The van der Waals surface area contributed by atoms with Crippen LogP contribution in [0.3, 0.4) is 0 Å². The molecule has 1 aliphatic rings. The summed E-state index contributed by atoms with van der Waals surface area (Å²) in [5.41, 5.74) is 7.43. The number of hydrogen-bond acceptors (Lipinski definition) is 3. The Morgan fingerprint density at radius 3 is 2.46 bits per heavy atom. The molecule has 4 nitrogen and oxygen atoms in total. The Kier molecular flexibility index (Phi) is 9.40. The maximum atomic E-state index is 5.02. The number of benzene rings is 2. The van der Waals surface area contributed by atoms with E-state index in [-0.39, 0.29) is 0 Å². The molecule has 0 unspecified atom stereocenters. The molecule has 0 atom stereocenters. The molecular formula is C33H44N4. The third-order valence-electron chi connectivity index (χ3n) is 7.52. The molecule has 0 radical (unpaired) electrons. The molecule has 37 heavy (non-hydrogen) atoms. The lowest BCUT2D eigenvalue weighted by atomic mass is 9.88. The summed E-state index contributed by atoms with van der Waals surface area (Å²) in [4.78, 5) is 7.66. The summed E-state index contributed by atoms with van der Waals surface area (Å²) < 4.78 is 2.42. The van der Waals surface area contributed by atoms with Gasteiger partial charge in [-0.1, -0.05) is 56.0 Å². The number of hydrogen-bond donors (Lipinski definition) is 1. The summed E-state index contributed by atoms with van der Waals surface area (Å²) in [5, 5.41) is 3.50. The number of rotatable bonds is 11. The van der Waals surface area contributed by atoms with Gasteiger partial charge in [-0.05, 0) is 107 Å². The average Bonchev–Trinajstić information content (AvgIpc) is 3.30. The number of piperidine rings is 1. The highest BCUT2D eigenvalue weighted by molar-refractivity contribution is 5.80. The first-order chi connectivity index (χ1) is 18.0. The summed E-state index contributed by atoms with van der Waals surface area (Å²) in [6.45, 7) is 17.1. The molecule has 1 aromatic heterocycles. The van der Waals surface area contributed by atoms with Crippen LogP contribution in [-0.4, -0.2) is 40.1 Å². The van der Waals surface area contributed by atoms with E-state index in [9.17, 15) is 0 Å². The maximum Gasteiger partial charge on any atom is 0.141 e. The monoisotopic (exact) mass is 496 g/mol. The fraction of sp³-hybridized carbons (Fsp3) is 0.424. The van der Waals surface area contributed by atoms with E-state index < -0.39 is 0 Å². The zero-order valence-electron chi connectivity index (χ0n) is 23.2. The van der Waals surface area contributed by atoms with E-state index in [0.29, 0.717) is 12.0 Å². The van der Waals surface area contributed by atoms with Crippen molar-refractivity contribution in [3.05, 3.63) is 90.2 Å². The highest BCUT2D eigenvalue weighted by atomic mass is 15.1. The first kappa shape index (κ1) is 26.9. The van der Waals surface area contributed by atoms with Crippen LogP contribution in [0.5, 0.6) is 0 Å². The second-order valence-electron chi connectivity index (χ2n) is 10.5. The van der Waals surface area contributed by atoms with Crippen molar-refractivity contribution in [3.63, 3.8) is 0 Å². The third kappa shape index (κ3) is 6.81. The van der Waals surface area contributed by atoms with Crippen molar-refractivity contribution in [1.82, 2.24) is 19.8 Å². The van der Waals surface area contributed by atoms with Crippen molar-refractivity contribution in [2.45, 2.75) is 66.0 Å². The van der Waals surface area contributed by atoms with Crippen LogP contribution in [0.25, 0.3) is 22.4 Å². The first-order valence-electron chi connectivity index (χ1n) is 14.1. The molecule has 1 fully saturated rings. The largest absolute Gasteiger partial charge is 0.383 e. The summed E-state index contributed by atoms with van der Waals surface area (Å²) in [6, 6.07) is 17.9. The molecule has 196 valence electrons. The van der Waals surface area contributed by atoms with Gasteiger partial charge in [0.25, 0.3) is 0 Å². The molecule has 3 aromatic rings. The number of nitrogens with one attached hydrogen (secondary N) is 1. The van der Waals surface area contributed by atoms with Gasteiger partial charge in [-0.3, -0.25) is 0 Å². The minimum Gasteiger partial charge on any atom is -0.383 e. The number of nitrogens with zero attached hydrogens (tertiary/aromatic N) is 3. The van der Waals surface area contributed by atoms with E-state index in [2.05, 4.69) is 110 Å². The average molecular weight is 497 g/mol. The minimum absolute atomic E-state index is 0.410. The van der Waals surface area contributed by atoms with E-state index in [1.165, 1.54) is 35.1 Å². The van der Waals surface area contributed by atoms with Crippen LogP contribution in [-0.2, 0) is 13.0 Å². The van der Waals surface area contributed by atoms with Crippen molar-refractivity contribution in [1.29, 1.82) is 0 Å². The van der Waals surface area contributed by atoms with Gasteiger partial charge in [0, 0.05) is 23.8 Å². The van der Waals surface area contributed by atoms with Gasteiger partial charge in [-0.15, -0.1) is 0 Å². The van der Waals surface area contributed by atoms with Gasteiger partial charge in [-0.2, -0.15) is 0 Å². The lowest BCUT2D eigenvalue weighted by Gasteiger charge is -2.33. The highest BCUT2D eigenvalue weighted by Gasteiger charge is 2.21. The quantitative estimate of drug-likeness (QED) is 0.281. The number of likely N-dealkylation sites (tertiary alicyclic amines) is 1. The number of aryl methyl sites for hydroxylation is 2. The fourth-order valence-corrected chi connectivity index (χ4v) is 5.46. The van der Waals surface area contributed by atoms with Crippen molar-refractivity contribution in [2.75, 3.05) is 19.6 Å². The molecule has 0 saturated carbocycles. The van der Waals surface area contributed by atoms with E-state index in [1.54, 1.807) is 0 Å². The predicted molar refractivity (Wildman–Crippen MR) is 159 cm³/mol. The molecule has 2 heterocycles. The Labute approximate surface area is 223 Å². The van der Waals surface area contributed by atoms with Crippen LogP contribution in [0.15, 0.2) is 84.6 Å². The van der Waals surface area contributed by atoms with Gasteiger partial charge in [0.15, 0.2) is 0 Å². The molecule has 0 bridgehead atoms. The molecule has 1 N–H and O–H groups in total. The van der Waals surface area contributed by atoms with Crippen LogP contribution in [0, 0.1) is 5.92 Å². The molecular weight excluding hydrogens is 452 g/mol. The number of fused-ring (bicyclic) bond motifs is 1. The number of imidazole rings is 1. The Bertz CT molecular complexity index is 1220. The summed E-state index contributed by atoms with van der Waals surface area (Å²) in [6.07, 6.45) is 11.1. The standard InChI is InChI=1S/C33H44N4/c1-6-26-14-16-29(17-15-26)33-35-31-12-9-10-13-32(31)37(33)21-11-20-36-22-18-28(19-23-36)27(7-2)24-30(8-3)34-25(4)5/h7-10,12-17,24-25,28,34H,3,6,11,18-23H2,1-2,4-5H3/b27-7+,30-24+. The smallest absolute Gasteiger partial charge is 0.141 e. The Balaban J connectivity index is 1.37. The molecule has 2 aromatic carbocycles. The van der Waals surface area contributed by atoms with Crippen molar-refractivity contribution >= 4 is 11.0 Å². The lowest BCUT2D eigenvalue weighted by molar-refractivity contribution is 0.195. The summed E-state index contributed by atoms with van der Waals surface area (Å²) in [7, 11) is 0. The van der Waals surface area contributed by atoms with E-state index in [4.69, 9.17) is 4.98 Å². The molecule has 1 saturated heterocycles. The zero-order chi connectivity index (χ0) is 26.2. The summed E-state index contributed by atoms with van der Waals surface area (Å²) >= 11 is 0. The lowest BCUT2D eigenvalue weighted by Crippen LogP contribution is -2.35. The molecule has 0 aliphatic carbocycles. The van der Waals surface area contributed by atoms with E-state index >= 15 is 0 Å². The van der Waals surface area contributed by atoms with Gasteiger partial charge in [0.2, 0.25) is 0 Å². The van der Waals surface area contributed by atoms with Gasteiger partial charge < -0.3 is 14.8 Å². The minimum atomic E-state index is 0.410. The fourth-order valence-electron chi connectivity index (χ4n) is 5.46. The number of allylic oxidation sites excluding steroid dienone is 4. The van der Waals surface area contributed by atoms with Crippen LogP contribution in [0.1, 0.15) is 52.5 Å². The van der Waals surface area contributed by atoms with E-state index in [0.717, 1.165) is 56.1 Å². The Hall–Kier alpha value is -3.11. The van der Waals surface area contributed by atoms with E-state index in [1.807, 2.05) is 6.08 Å².